The number of esters is 1. The van der Waals surface area contributed by atoms with Crippen molar-refractivity contribution in [2.75, 3.05) is 20.3 Å². The van der Waals surface area contributed by atoms with Crippen LogP contribution in [0.1, 0.15) is 27.7 Å². The number of hydrogen-bond acceptors (Lipinski definition) is 4. The molecule has 0 bridgehead atoms. The number of carbonyl (C=O) groups is 1. The molecule has 4 heteroatoms. The van der Waals surface area contributed by atoms with Gasteiger partial charge in [-0.1, -0.05) is 0 Å². The van der Waals surface area contributed by atoms with Crippen LogP contribution < -0.4 is 5.73 Å². The molecule has 4 nitrogen and oxygen atoms in total. The number of rotatable bonds is 4. The van der Waals surface area contributed by atoms with Crippen LogP contribution in [0.4, 0.5) is 0 Å². The summed E-state index contributed by atoms with van der Waals surface area (Å²) < 4.78 is 10.2. The molecule has 84 valence electrons. The van der Waals surface area contributed by atoms with Gasteiger partial charge in [-0.3, -0.25) is 4.79 Å². The first-order chi connectivity index (χ1) is 6.25. The summed E-state index contributed by atoms with van der Waals surface area (Å²) in [7, 11) is 1.54. The highest BCUT2D eigenvalue weighted by atomic mass is 16.6. The summed E-state index contributed by atoms with van der Waals surface area (Å²) >= 11 is 0. The van der Waals surface area contributed by atoms with Crippen molar-refractivity contribution in [1.82, 2.24) is 0 Å². The summed E-state index contributed by atoms with van der Waals surface area (Å²) in [6, 6.07) is 0. The summed E-state index contributed by atoms with van der Waals surface area (Å²) in [4.78, 5) is 11.7. The van der Waals surface area contributed by atoms with E-state index in [1.54, 1.807) is 6.92 Å². The number of methoxy groups -OCH3 is 1. The molecule has 1 unspecified atom stereocenters. The quantitative estimate of drug-likeness (QED) is 0.691. The molecule has 0 saturated carbocycles. The smallest absolute Gasteiger partial charge is 0.315 e. The Labute approximate surface area is 85.8 Å². The lowest BCUT2D eigenvalue weighted by Crippen LogP contribution is -2.43. The van der Waals surface area contributed by atoms with E-state index >= 15 is 0 Å². The first-order valence-corrected chi connectivity index (χ1v) is 4.67. The van der Waals surface area contributed by atoms with Crippen LogP contribution in [0.25, 0.3) is 0 Å². The Hall–Kier alpha value is -0.610. The van der Waals surface area contributed by atoms with Gasteiger partial charge in [-0.05, 0) is 27.7 Å². The Morgan fingerprint density at radius 2 is 1.79 bits per heavy atom. The van der Waals surface area contributed by atoms with Crippen LogP contribution in [-0.4, -0.2) is 31.8 Å². The average molecular weight is 203 g/mol. The molecule has 0 fully saturated rings. The summed E-state index contributed by atoms with van der Waals surface area (Å²) in [5.74, 6) is -0.311. The van der Waals surface area contributed by atoms with Gasteiger partial charge < -0.3 is 15.2 Å². The van der Waals surface area contributed by atoms with Crippen molar-refractivity contribution in [3.8, 4) is 0 Å². The SMILES string of the molecule is COCC(C)(CN)C(=O)OC(C)(C)C. The molecule has 0 radical (unpaired) electrons. The van der Waals surface area contributed by atoms with Crippen LogP contribution in [-0.2, 0) is 14.3 Å². The maximum absolute atomic E-state index is 11.7. The Kier molecular flexibility index (Phi) is 4.55. The number of nitrogens with two attached hydrogens (primary N) is 1. The molecule has 0 rings (SSSR count). The van der Waals surface area contributed by atoms with Gasteiger partial charge in [-0.2, -0.15) is 0 Å². The molecule has 0 saturated heterocycles. The number of hydrogen-bond donors (Lipinski definition) is 1. The Bertz CT molecular complexity index is 198. The summed E-state index contributed by atoms with van der Waals surface area (Å²) in [5.41, 5.74) is 4.30. The molecule has 0 aromatic heterocycles. The highest BCUT2D eigenvalue weighted by Crippen LogP contribution is 2.21. The fraction of sp³-hybridized carbons (Fsp3) is 0.900. The third-order valence-corrected chi connectivity index (χ3v) is 1.81. The van der Waals surface area contributed by atoms with Crippen molar-refractivity contribution in [3.63, 3.8) is 0 Å². The van der Waals surface area contributed by atoms with E-state index in [1.807, 2.05) is 20.8 Å². The second kappa shape index (κ2) is 4.75. The van der Waals surface area contributed by atoms with Crippen LogP contribution in [0, 0.1) is 5.41 Å². The van der Waals surface area contributed by atoms with Gasteiger partial charge in [-0.25, -0.2) is 0 Å². The topological polar surface area (TPSA) is 61.5 Å². The molecule has 0 aliphatic heterocycles. The maximum Gasteiger partial charge on any atom is 0.315 e. The van der Waals surface area contributed by atoms with Gasteiger partial charge in [-0.15, -0.1) is 0 Å². The van der Waals surface area contributed by atoms with E-state index < -0.39 is 11.0 Å². The monoisotopic (exact) mass is 203 g/mol. The van der Waals surface area contributed by atoms with E-state index in [1.165, 1.54) is 7.11 Å². The normalized spacial score (nSPS) is 16.1. The second-order valence-corrected chi connectivity index (χ2v) is 4.70. The molecule has 1 atom stereocenters. The highest BCUT2D eigenvalue weighted by Gasteiger charge is 2.35. The predicted octanol–water partition coefficient (Wildman–Crippen LogP) is 0.940. The van der Waals surface area contributed by atoms with Crippen molar-refractivity contribution in [2.24, 2.45) is 11.1 Å². The van der Waals surface area contributed by atoms with E-state index in [4.69, 9.17) is 15.2 Å². The molecule has 0 spiro atoms. The van der Waals surface area contributed by atoms with Crippen LogP contribution in [0.3, 0.4) is 0 Å². The van der Waals surface area contributed by atoms with E-state index in [9.17, 15) is 4.79 Å². The summed E-state index contributed by atoms with van der Waals surface area (Å²) in [6.45, 7) is 7.72. The minimum Gasteiger partial charge on any atom is -0.459 e. The largest absolute Gasteiger partial charge is 0.459 e. The zero-order chi connectivity index (χ0) is 11.4. The summed E-state index contributed by atoms with van der Waals surface area (Å²) in [6.07, 6.45) is 0. The zero-order valence-corrected chi connectivity index (χ0v) is 9.72. The van der Waals surface area contributed by atoms with Gasteiger partial charge >= 0.3 is 5.97 Å². The van der Waals surface area contributed by atoms with Crippen LogP contribution in [0.2, 0.25) is 0 Å². The number of carbonyl (C=O) groups excluding carboxylic acids is 1. The third-order valence-electron chi connectivity index (χ3n) is 1.81. The van der Waals surface area contributed by atoms with Gasteiger partial charge in [0.25, 0.3) is 0 Å². The van der Waals surface area contributed by atoms with Gasteiger partial charge in [0.15, 0.2) is 0 Å². The molecule has 0 aromatic carbocycles. The lowest BCUT2D eigenvalue weighted by molar-refractivity contribution is -0.169. The molecule has 0 aliphatic rings. The zero-order valence-electron chi connectivity index (χ0n) is 9.72. The van der Waals surface area contributed by atoms with Crippen molar-refractivity contribution in [2.45, 2.75) is 33.3 Å². The minimum atomic E-state index is -0.748. The average Bonchev–Trinajstić information content (AvgIpc) is 2.01. The van der Waals surface area contributed by atoms with E-state index in [-0.39, 0.29) is 19.1 Å². The second-order valence-electron chi connectivity index (χ2n) is 4.70. The lowest BCUT2D eigenvalue weighted by atomic mass is 9.92. The van der Waals surface area contributed by atoms with Crippen molar-refractivity contribution in [1.29, 1.82) is 0 Å². The van der Waals surface area contributed by atoms with Gasteiger partial charge in [0.2, 0.25) is 0 Å². The van der Waals surface area contributed by atoms with E-state index in [0.717, 1.165) is 0 Å². The third kappa shape index (κ3) is 4.07. The van der Waals surface area contributed by atoms with Crippen molar-refractivity contribution in [3.05, 3.63) is 0 Å². The van der Waals surface area contributed by atoms with Crippen molar-refractivity contribution < 1.29 is 14.3 Å². The molecular formula is C10H21NO3. The Morgan fingerprint density at radius 3 is 2.07 bits per heavy atom. The Balaban J connectivity index is 4.46. The van der Waals surface area contributed by atoms with E-state index in [2.05, 4.69) is 0 Å². The minimum absolute atomic E-state index is 0.218. The van der Waals surface area contributed by atoms with Gasteiger partial charge in [0.1, 0.15) is 11.0 Å². The molecule has 0 amide bonds. The van der Waals surface area contributed by atoms with E-state index in [0.29, 0.717) is 0 Å². The number of ether oxygens (including phenoxy) is 2. The molecule has 2 N–H and O–H groups in total. The molecule has 14 heavy (non-hydrogen) atoms. The molecule has 0 heterocycles. The summed E-state index contributed by atoms with van der Waals surface area (Å²) in [5, 5.41) is 0. The van der Waals surface area contributed by atoms with Crippen LogP contribution >= 0.6 is 0 Å². The predicted molar refractivity (Wildman–Crippen MR) is 54.9 cm³/mol. The fourth-order valence-corrected chi connectivity index (χ4v) is 0.921. The van der Waals surface area contributed by atoms with Gasteiger partial charge in [0, 0.05) is 13.7 Å². The standard InChI is InChI=1S/C10H21NO3/c1-9(2,3)14-8(12)10(4,6-11)7-13-5/h6-7,11H2,1-5H3. The maximum atomic E-state index is 11.7. The van der Waals surface area contributed by atoms with Crippen LogP contribution in [0.15, 0.2) is 0 Å². The molecular weight excluding hydrogens is 182 g/mol. The van der Waals surface area contributed by atoms with Crippen molar-refractivity contribution >= 4 is 5.97 Å². The molecule has 0 aliphatic carbocycles. The first-order valence-electron chi connectivity index (χ1n) is 4.67. The Morgan fingerprint density at radius 1 is 1.29 bits per heavy atom. The highest BCUT2D eigenvalue weighted by molar-refractivity contribution is 5.77. The first kappa shape index (κ1) is 13.4. The van der Waals surface area contributed by atoms with Gasteiger partial charge in [0.05, 0.1) is 6.61 Å². The fourth-order valence-electron chi connectivity index (χ4n) is 0.921. The van der Waals surface area contributed by atoms with Crippen LogP contribution in [0.5, 0.6) is 0 Å². The molecule has 0 aromatic rings. The lowest BCUT2D eigenvalue weighted by Gasteiger charge is -2.29.